The van der Waals surface area contributed by atoms with Crippen molar-refractivity contribution < 1.29 is 9.53 Å². The van der Waals surface area contributed by atoms with Gasteiger partial charge in [0.25, 0.3) is 11.5 Å². The third-order valence-electron chi connectivity index (χ3n) is 5.01. The van der Waals surface area contributed by atoms with Crippen LogP contribution in [-0.2, 0) is 0 Å². The average Bonchev–Trinajstić information content (AvgIpc) is 2.76. The highest BCUT2D eigenvalue weighted by Gasteiger charge is 2.17. The van der Waals surface area contributed by atoms with E-state index in [2.05, 4.69) is 25.9 Å². The van der Waals surface area contributed by atoms with Crippen molar-refractivity contribution in [3.8, 4) is 5.75 Å². The van der Waals surface area contributed by atoms with Crippen molar-refractivity contribution in [3.63, 3.8) is 0 Å². The lowest BCUT2D eigenvalue weighted by Gasteiger charge is -2.23. The van der Waals surface area contributed by atoms with Gasteiger partial charge in [0.05, 0.1) is 12.2 Å². The second-order valence-corrected chi connectivity index (χ2v) is 7.23. The number of nitrogens with two attached hydrogens (primary N) is 1. The van der Waals surface area contributed by atoms with Crippen LogP contribution in [0.2, 0.25) is 0 Å². The van der Waals surface area contributed by atoms with E-state index in [9.17, 15) is 9.59 Å². The average molecular weight is 408 g/mol. The van der Waals surface area contributed by atoms with Gasteiger partial charge < -0.3 is 31.4 Å². The van der Waals surface area contributed by atoms with Crippen molar-refractivity contribution in [2.75, 3.05) is 18.4 Å². The van der Waals surface area contributed by atoms with E-state index >= 15 is 0 Å². The smallest absolute Gasteiger partial charge is 0.271 e. The molecule has 2 aliphatic heterocycles. The van der Waals surface area contributed by atoms with Gasteiger partial charge in [-0.05, 0) is 61.8 Å². The normalized spacial score (nSPS) is 18.9. The number of H-pyrrole nitrogens is 1. The Morgan fingerprint density at radius 2 is 1.97 bits per heavy atom. The van der Waals surface area contributed by atoms with Gasteiger partial charge >= 0.3 is 0 Å². The molecule has 0 bridgehead atoms. The van der Waals surface area contributed by atoms with E-state index in [0.29, 0.717) is 11.4 Å². The quantitative estimate of drug-likeness (QED) is 0.505. The first-order chi connectivity index (χ1) is 14.6. The fourth-order valence-corrected chi connectivity index (χ4v) is 3.39. The minimum atomic E-state index is -0.394. The molecule has 0 aliphatic carbocycles. The molecule has 6 N–H and O–H groups in total. The number of benzene rings is 1. The number of nitrogens with zero attached hydrogens (tertiary/aromatic N) is 1. The standard InChI is InChI=1S/C21H24N6O3/c22-19-12-24-11-18(26-19)14-9-17(21(29)25-10-14)27-20(28)13-1-3-15(4-2-13)30-16-5-7-23-8-6-16/h1-4,9-12,16,18,23,26H,5-8,22H2,(H,25,29)(H,27,28). The maximum absolute atomic E-state index is 12.6. The van der Waals surface area contributed by atoms with Crippen LogP contribution in [0, 0.1) is 0 Å². The Morgan fingerprint density at radius 3 is 2.70 bits per heavy atom. The Kier molecular flexibility index (Phi) is 5.80. The maximum atomic E-state index is 12.6. The van der Waals surface area contributed by atoms with E-state index < -0.39 is 5.56 Å². The summed E-state index contributed by atoms with van der Waals surface area (Å²) in [5.41, 5.74) is 6.64. The van der Waals surface area contributed by atoms with Gasteiger partial charge in [-0.15, -0.1) is 0 Å². The van der Waals surface area contributed by atoms with Crippen molar-refractivity contribution in [2.24, 2.45) is 10.7 Å². The van der Waals surface area contributed by atoms with Crippen molar-refractivity contribution in [2.45, 2.75) is 25.0 Å². The van der Waals surface area contributed by atoms with Crippen molar-refractivity contribution in [1.29, 1.82) is 0 Å². The Hall–Kier alpha value is -3.59. The van der Waals surface area contributed by atoms with Crippen LogP contribution in [0.15, 0.2) is 58.3 Å². The molecule has 156 valence electrons. The first kappa shape index (κ1) is 19.7. The molecule has 1 saturated heterocycles. The number of hydrogen-bond donors (Lipinski definition) is 5. The van der Waals surface area contributed by atoms with E-state index in [0.717, 1.165) is 37.2 Å². The summed E-state index contributed by atoms with van der Waals surface area (Å²) in [6, 6.07) is 8.22. The monoisotopic (exact) mass is 408 g/mol. The van der Waals surface area contributed by atoms with Crippen LogP contribution in [0.4, 0.5) is 5.69 Å². The lowest BCUT2D eigenvalue weighted by molar-refractivity contribution is 0.102. The van der Waals surface area contributed by atoms with Crippen molar-refractivity contribution >= 4 is 17.8 Å². The van der Waals surface area contributed by atoms with Crippen LogP contribution in [-0.4, -0.2) is 36.3 Å². The third-order valence-corrected chi connectivity index (χ3v) is 5.01. The second kappa shape index (κ2) is 8.83. The fourth-order valence-electron chi connectivity index (χ4n) is 3.39. The van der Waals surface area contributed by atoms with E-state index in [1.807, 2.05) is 0 Å². The van der Waals surface area contributed by atoms with Gasteiger partial charge in [0.15, 0.2) is 0 Å². The van der Waals surface area contributed by atoms with Crippen LogP contribution >= 0.6 is 0 Å². The number of piperidine rings is 1. The number of aromatic nitrogens is 1. The molecule has 1 aromatic heterocycles. The molecule has 1 fully saturated rings. The van der Waals surface area contributed by atoms with Gasteiger partial charge in [-0.25, -0.2) is 0 Å². The molecule has 1 amide bonds. The third kappa shape index (κ3) is 4.69. The zero-order chi connectivity index (χ0) is 20.9. The van der Waals surface area contributed by atoms with Crippen LogP contribution in [0.3, 0.4) is 0 Å². The molecular formula is C21H24N6O3. The zero-order valence-corrected chi connectivity index (χ0v) is 16.4. The topological polar surface area (TPSA) is 134 Å². The number of amides is 1. The number of ether oxygens (including phenoxy) is 1. The predicted molar refractivity (Wildman–Crippen MR) is 115 cm³/mol. The number of pyridine rings is 1. The first-order valence-corrected chi connectivity index (χ1v) is 9.85. The number of hydrogen-bond acceptors (Lipinski definition) is 7. The summed E-state index contributed by atoms with van der Waals surface area (Å²) >= 11 is 0. The number of anilines is 1. The summed E-state index contributed by atoms with van der Waals surface area (Å²) in [4.78, 5) is 31.5. The number of aromatic amines is 1. The number of rotatable bonds is 5. The van der Waals surface area contributed by atoms with E-state index in [1.54, 1.807) is 42.7 Å². The molecule has 1 unspecified atom stereocenters. The molecule has 4 rings (SSSR count). The molecule has 30 heavy (non-hydrogen) atoms. The second-order valence-electron chi connectivity index (χ2n) is 7.23. The summed E-state index contributed by atoms with van der Waals surface area (Å²) in [7, 11) is 0. The van der Waals surface area contributed by atoms with Gasteiger partial charge in [-0.2, -0.15) is 0 Å². The molecule has 1 atom stereocenters. The van der Waals surface area contributed by atoms with Gasteiger partial charge in [0.1, 0.15) is 23.4 Å². The highest BCUT2D eigenvalue weighted by Crippen LogP contribution is 2.19. The van der Waals surface area contributed by atoms with Crippen molar-refractivity contribution in [1.82, 2.24) is 15.6 Å². The molecule has 1 aromatic carbocycles. The molecule has 9 nitrogen and oxygen atoms in total. The van der Waals surface area contributed by atoms with Crippen molar-refractivity contribution in [3.05, 3.63) is 70.0 Å². The molecule has 0 radical (unpaired) electrons. The maximum Gasteiger partial charge on any atom is 0.271 e. The van der Waals surface area contributed by atoms with Gasteiger partial charge in [-0.1, -0.05) is 0 Å². The lowest BCUT2D eigenvalue weighted by atomic mass is 10.1. The fraction of sp³-hybridized carbons (Fsp3) is 0.286. The van der Waals surface area contributed by atoms with E-state index in [1.165, 1.54) is 6.20 Å². The number of aliphatic imine (C=N–C) groups is 1. The molecule has 2 aromatic rings. The Balaban J connectivity index is 1.43. The SMILES string of the molecule is NC1=CN=CC(c2c[nH]c(=O)c(NC(=O)c3ccc(OC4CCNCC4)cc3)c2)N1. The number of carbonyl (C=O) groups is 1. The van der Waals surface area contributed by atoms with Crippen LogP contribution < -0.4 is 32.0 Å². The molecule has 0 saturated carbocycles. The summed E-state index contributed by atoms with van der Waals surface area (Å²) < 4.78 is 5.96. The minimum Gasteiger partial charge on any atom is -0.490 e. The zero-order valence-electron chi connectivity index (χ0n) is 16.4. The number of carbonyl (C=O) groups excluding carboxylic acids is 1. The van der Waals surface area contributed by atoms with Gasteiger partial charge in [0, 0.05) is 18.0 Å². The van der Waals surface area contributed by atoms with E-state index in [4.69, 9.17) is 10.5 Å². The summed E-state index contributed by atoms with van der Waals surface area (Å²) in [5.74, 6) is 0.772. The predicted octanol–water partition coefficient (Wildman–Crippen LogP) is 1.23. The van der Waals surface area contributed by atoms with Crippen LogP contribution in [0.25, 0.3) is 0 Å². The van der Waals surface area contributed by atoms with Gasteiger partial charge in [0.2, 0.25) is 0 Å². The van der Waals surface area contributed by atoms with Gasteiger partial charge in [-0.3, -0.25) is 14.6 Å². The Morgan fingerprint density at radius 1 is 1.20 bits per heavy atom. The minimum absolute atomic E-state index is 0.149. The van der Waals surface area contributed by atoms with Crippen LogP contribution in [0.5, 0.6) is 5.75 Å². The first-order valence-electron chi connectivity index (χ1n) is 9.85. The largest absolute Gasteiger partial charge is 0.490 e. The molecule has 3 heterocycles. The molecule has 2 aliphatic rings. The molecular weight excluding hydrogens is 384 g/mol. The Bertz CT molecular complexity index is 1020. The summed E-state index contributed by atoms with van der Waals surface area (Å²) in [5, 5.41) is 9.01. The molecule has 0 spiro atoms. The summed E-state index contributed by atoms with van der Waals surface area (Å²) in [6.07, 6.45) is 6.84. The highest BCUT2D eigenvalue weighted by atomic mass is 16.5. The highest BCUT2D eigenvalue weighted by molar-refractivity contribution is 6.04. The lowest BCUT2D eigenvalue weighted by Crippen LogP contribution is -2.34. The number of nitrogens with one attached hydrogen (secondary N) is 4. The van der Waals surface area contributed by atoms with E-state index in [-0.39, 0.29) is 23.7 Å². The summed E-state index contributed by atoms with van der Waals surface area (Å²) in [6.45, 7) is 1.90. The Labute approximate surface area is 173 Å². The van der Waals surface area contributed by atoms with Crippen LogP contribution in [0.1, 0.15) is 34.8 Å². The molecule has 9 heteroatoms.